The summed E-state index contributed by atoms with van der Waals surface area (Å²) in [6.07, 6.45) is 2.14. The van der Waals surface area contributed by atoms with Crippen LogP contribution in [0.2, 0.25) is 0 Å². The molecule has 1 unspecified atom stereocenters. The summed E-state index contributed by atoms with van der Waals surface area (Å²) in [4.78, 5) is 13.5. The number of esters is 1. The Bertz CT molecular complexity index is 202. The van der Waals surface area contributed by atoms with Gasteiger partial charge in [-0.05, 0) is 33.2 Å². The zero-order valence-electron chi connectivity index (χ0n) is 9.44. The van der Waals surface area contributed by atoms with Gasteiger partial charge in [-0.15, -0.1) is 12.4 Å². The molecule has 15 heavy (non-hydrogen) atoms. The average Bonchev–Trinajstić information content (AvgIpc) is 2.17. The SMILES string of the molecule is CCOC(=O)C(C)N1CCC[C@@H](N)C1.Cl. The van der Waals surface area contributed by atoms with Crippen LogP contribution in [0.3, 0.4) is 0 Å². The van der Waals surface area contributed by atoms with E-state index >= 15 is 0 Å². The third kappa shape index (κ3) is 4.36. The first-order valence-corrected chi connectivity index (χ1v) is 5.31. The van der Waals surface area contributed by atoms with E-state index in [4.69, 9.17) is 10.5 Å². The van der Waals surface area contributed by atoms with Gasteiger partial charge in [-0.25, -0.2) is 0 Å². The molecule has 2 N–H and O–H groups in total. The van der Waals surface area contributed by atoms with Crippen LogP contribution in [0.25, 0.3) is 0 Å². The molecule has 90 valence electrons. The summed E-state index contributed by atoms with van der Waals surface area (Å²) in [5.74, 6) is -0.137. The Morgan fingerprint density at radius 1 is 1.67 bits per heavy atom. The van der Waals surface area contributed by atoms with Crippen molar-refractivity contribution in [3.8, 4) is 0 Å². The molecule has 0 bridgehead atoms. The zero-order chi connectivity index (χ0) is 10.6. The molecule has 0 amide bonds. The summed E-state index contributed by atoms with van der Waals surface area (Å²) < 4.78 is 4.97. The minimum absolute atomic E-state index is 0. The lowest BCUT2D eigenvalue weighted by Crippen LogP contribution is -2.49. The van der Waals surface area contributed by atoms with Crippen LogP contribution in [0, 0.1) is 0 Å². The average molecular weight is 237 g/mol. The lowest BCUT2D eigenvalue weighted by atomic mass is 10.1. The van der Waals surface area contributed by atoms with E-state index in [0.29, 0.717) is 6.61 Å². The first kappa shape index (κ1) is 14.7. The van der Waals surface area contributed by atoms with Crippen LogP contribution in [0.5, 0.6) is 0 Å². The van der Waals surface area contributed by atoms with E-state index in [1.54, 1.807) is 0 Å². The van der Waals surface area contributed by atoms with Crippen molar-refractivity contribution in [1.29, 1.82) is 0 Å². The van der Waals surface area contributed by atoms with Gasteiger partial charge in [0.2, 0.25) is 0 Å². The first-order valence-electron chi connectivity index (χ1n) is 5.31. The summed E-state index contributed by atoms with van der Waals surface area (Å²) in [7, 11) is 0. The highest BCUT2D eigenvalue weighted by Crippen LogP contribution is 2.12. The second-order valence-corrected chi connectivity index (χ2v) is 3.83. The van der Waals surface area contributed by atoms with Crippen LogP contribution in [0.15, 0.2) is 0 Å². The Kier molecular flexibility index (Phi) is 6.89. The number of carbonyl (C=O) groups excluding carboxylic acids is 1. The van der Waals surface area contributed by atoms with E-state index in [1.807, 2.05) is 13.8 Å². The lowest BCUT2D eigenvalue weighted by molar-refractivity contribution is -0.149. The molecule has 0 aliphatic carbocycles. The fraction of sp³-hybridized carbons (Fsp3) is 0.900. The minimum atomic E-state index is -0.152. The Hall–Kier alpha value is -0.320. The Morgan fingerprint density at radius 3 is 2.87 bits per heavy atom. The summed E-state index contributed by atoms with van der Waals surface area (Å²) in [5.41, 5.74) is 5.84. The van der Waals surface area contributed by atoms with Crippen LogP contribution < -0.4 is 5.73 Å². The molecule has 1 aliphatic heterocycles. The van der Waals surface area contributed by atoms with Crippen LogP contribution in [0.1, 0.15) is 26.7 Å². The zero-order valence-corrected chi connectivity index (χ0v) is 10.3. The molecule has 0 spiro atoms. The quantitative estimate of drug-likeness (QED) is 0.736. The predicted octanol–water partition coefficient (Wildman–Crippen LogP) is 0.783. The molecule has 1 saturated heterocycles. The van der Waals surface area contributed by atoms with Crippen LogP contribution in [-0.4, -0.2) is 42.6 Å². The van der Waals surface area contributed by atoms with Gasteiger partial charge in [0.15, 0.2) is 0 Å². The number of nitrogens with zero attached hydrogens (tertiary/aromatic N) is 1. The molecule has 1 heterocycles. The first-order chi connectivity index (χ1) is 6.65. The summed E-state index contributed by atoms with van der Waals surface area (Å²) in [6.45, 7) is 5.92. The molecule has 5 heteroatoms. The largest absolute Gasteiger partial charge is 0.465 e. The third-order valence-corrected chi connectivity index (χ3v) is 2.66. The fourth-order valence-corrected chi connectivity index (χ4v) is 1.80. The lowest BCUT2D eigenvalue weighted by Gasteiger charge is -2.33. The molecule has 2 atom stereocenters. The van der Waals surface area contributed by atoms with Crippen molar-refractivity contribution in [3.63, 3.8) is 0 Å². The third-order valence-electron chi connectivity index (χ3n) is 2.66. The van der Waals surface area contributed by atoms with E-state index in [2.05, 4.69) is 4.90 Å². The molecular weight excluding hydrogens is 216 g/mol. The van der Waals surface area contributed by atoms with Crippen LogP contribution in [0.4, 0.5) is 0 Å². The molecule has 0 aromatic rings. The molecular formula is C10H21ClN2O2. The van der Waals surface area contributed by atoms with E-state index in [1.165, 1.54) is 0 Å². The normalized spacial score (nSPS) is 24.1. The van der Waals surface area contributed by atoms with Crippen LogP contribution in [-0.2, 0) is 9.53 Å². The molecule has 0 aromatic carbocycles. The number of nitrogens with two attached hydrogens (primary N) is 1. The summed E-state index contributed by atoms with van der Waals surface area (Å²) in [5, 5.41) is 0. The highest BCUT2D eigenvalue weighted by Gasteiger charge is 2.26. The van der Waals surface area contributed by atoms with E-state index in [0.717, 1.165) is 25.9 Å². The Morgan fingerprint density at radius 2 is 2.33 bits per heavy atom. The Balaban J connectivity index is 0.00000196. The van der Waals surface area contributed by atoms with E-state index in [9.17, 15) is 4.79 Å². The van der Waals surface area contributed by atoms with Gasteiger partial charge < -0.3 is 10.5 Å². The standard InChI is InChI=1S/C10H20N2O2.ClH/c1-3-14-10(13)8(2)12-6-4-5-9(11)7-12;/h8-9H,3-7,11H2,1-2H3;1H/t8?,9-;/m1./s1. The van der Waals surface area contributed by atoms with Gasteiger partial charge in [-0.1, -0.05) is 0 Å². The van der Waals surface area contributed by atoms with Gasteiger partial charge in [-0.3, -0.25) is 9.69 Å². The van der Waals surface area contributed by atoms with Crippen molar-refractivity contribution < 1.29 is 9.53 Å². The predicted molar refractivity (Wildman–Crippen MR) is 62.1 cm³/mol. The molecule has 1 rings (SSSR count). The van der Waals surface area contributed by atoms with Crippen molar-refractivity contribution in [2.75, 3.05) is 19.7 Å². The maximum Gasteiger partial charge on any atom is 0.323 e. The number of likely N-dealkylation sites (tertiary alicyclic amines) is 1. The monoisotopic (exact) mass is 236 g/mol. The number of piperidine rings is 1. The molecule has 1 fully saturated rings. The van der Waals surface area contributed by atoms with E-state index < -0.39 is 0 Å². The number of carbonyl (C=O) groups is 1. The number of halogens is 1. The maximum atomic E-state index is 11.4. The number of hydrogen-bond donors (Lipinski definition) is 1. The van der Waals surface area contributed by atoms with E-state index in [-0.39, 0.29) is 30.5 Å². The number of hydrogen-bond acceptors (Lipinski definition) is 4. The molecule has 0 saturated carbocycles. The number of rotatable bonds is 3. The van der Waals surface area contributed by atoms with Gasteiger partial charge in [-0.2, -0.15) is 0 Å². The summed E-state index contributed by atoms with van der Waals surface area (Å²) >= 11 is 0. The summed E-state index contributed by atoms with van der Waals surface area (Å²) in [6, 6.07) is 0.0573. The van der Waals surface area contributed by atoms with Gasteiger partial charge in [0.1, 0.15) is 6.04 Å². The molecule has 0 aromatic heterocycles. The van der Waals surface area contributed by atoms with Gasteiger partial charge in [0.25, 0.3) is 0 Å². The van der Waals surface area contributed by atoms with Crippen molar-refractivity contribution in [2.24, 2.45) is 5.73 Å². The van der Waals surface area contributed by atoms with Crippen molar-refractivity contribution in [2.45, 2.75) is 38.8 Å². The smallest absolute Gasteiger partial charge is 0.323 e. The topological polar surface area (TPSA) is 55.6 Å². The second kappa shape index (κ2) is 7.04. The van der Waals surface area contributed by atoms with Crippen molar-refractivity contribution in [1.82, 2.24) is 4.90 Å². The highest BCUT2D eigenvalue weighted by molar-refractivity contribution is 5.85. The van der Waals surface area contributed by atoms with Gasteiger partial charge >= 0.3 is 5.97 Å². The molecule has 1 aliphatic rings. The minimum Gasteiger partial charge on any atom is -0.465 e. The fourth-order valence-electron chi connectivity index (χ4n) is 1.80. The molecule has 4 nitrogen and oxygen atoms in total. The number of ether oxygens (including phenoxy) is 1. The maximum absolute atomic E-state index is 11.4. The Labute approximate surface area is 97.5 Å². The molecule has 0 radical (unpaired) electrons. The highest BCUT2D eigenvalue weighted by atomic mass is 35.5. The van der Waals surface area contributed by atoms with Gasteiger partial charge in [0.05, 0.1) is 6.61 Å². The van der Waals surface area contributed by atoms with Crippen molar-refractivity contribution in [3.05, 3.63) is 0 Å². The second-order valence-electron chi connectivity index (χ2n) is 3.83. The van der Waals surface area contributed by atoms with Crippen LogP contribution >= 0.6 is 12.4 Å². The van der Waals surface area contributed by atoms with Crippen molar-refractivity contribution >= 4 is 18.4 Å². The van der Waals surface area contributed by atoms with Gasteiger partial charge in [0, 0.05) is 12.6 Å².